The molecule has 0 amide bonds. The fourth-order valence-corrected chi connectivity index (χ4v) is 3.11. The monoisotopic (exact) mass is 271 g/mol. The minimum atomic E-state index is 0.403. The molecule has 2 rings (SSSR count). The Morgan fingerprint density at radius 2 is 2.18 bits per heavy atom. The first-order chi connectivity index (χ1) is 8.05. The van der Waals surface area contributed by atoms with Crippen LogP contribution in [0.2, 0.25) is 5.15 Å². The fraction of sp³-hybridized carbons (Fsp3) is 0.667. The molecule has 0 unspecified atom stereocenters. The largest absolute Gasteiger partial charge is 0.297 e. The Labute approximate surface area is 112 Å². The lowest BCUT2D eigenvalue weighted by Crippen LogP contribution is -2.27. The number of nitrogens with zero attached hydrogens (tertiary/aromatic N) is 3. The smallest absolute Gasteiger partial charge is 0.147 e. The Kier molecular flexibility index (Phi) is 4.28. The molecule has 0 atom stereocenters. The summed E-state index contributed by atoms with van der Waals surface area (Å²) in [7, 11) is 0. The summed E-state index contributed by atoms with van der Waals surface area (Å²) in [5, 5.41) is 0.460. The van der Waals surface area contributed by atoms with E-state index in [0.29, 0.717) is 9.90 Å². The number of halogens is 1. The highest BCUT2D eigenvalue weighted by Crippen LogP contribution is 2.30. The highest BCUT2D eigenvalue weighted by molar-refractivity contribution is 8.00. The standard InChI is InChI=1S/C12H18ClN3S/c1-12(2)3-4-16(5-6-17-12)9-10-7-15-11(13)8-14-10/h7-8H,3-6,9H2,1-2H3. The van der Waals surface area contributed by atoms with Crippen molar-refractivity contribution in [1.29, 1.82) is 0 Å². The third-order valence-corrected chi connectivity index (χ3v) is 4.56. The Hall–Kier alpha value is -0.320. The Morgan fingerprint density at radius 1 is 1.35 bits per heavy atom. The first kappa shape index (κ1) is 13.1. The summed E-state index contributed by atoms with van der Waals surface area (Å²) in [5.74, 6) is 1.19. The SMILES string of the molecule is CC1(C)CCN(Cc2cnc(Cl)cn2)CCS1. The van der Waals surface area contributed by atoms with Crippen LogP contribution in [0.15, 0.2) is 12.4 Å². The van der Waals surface area contributed by atoms with Crippen molar-refractivity contribution in [3.8, 4) is 0 Å². The van der Waals surface area contributed by atoms with Crippen LogP contribution in [0.3, 0.4) is 0 Å². The van der Waals surface area contributed by atoms with Gasteiger partial charge in [0.15, 0.2) is 0 Å². The summed E-state index contributed by atoms with van der Waals surface area (Å²) in [6, 6.07) is 0. The summed E-state index contributed by atoms with van der Waals surface area (Å²) in [5.41, 5.74) is 0.999. The second-order valence-corrected chi connectivity index (χ2v) is 7.15. The van der Waals surface area contributed by atoms with Gasteiger partial charge in [0.2, 0.25) is 0 Å². The van der Waals surface area contributed by atoms with E-state index in [4.69, 9.17) is 11.6 Å². The molecule has 1 saturated heterocycles. The Morgan fingerprint density at radius 3 is 2.88 bits per heavy atom. The van der Waals surface area contributed by atoms with Crippen LogP contribution in [-0.2, 0) is 6.54 Å². The number of thioether (sulfide) groups is 1. The first-order valence-electron chi connectivity index (χ1n) is 5.88. The molecule has 0 bridgehead atoms. The summed E-state index contributed by atoms with van der Waals surface area (Å²) in [4.78, 5) is 10.8. The van der Waals surface area contributed by atoms with Gasteiger partial charge in [-0.1, -0.05) is 25.4 Å². The highest BCUT2D eigenvalue weighted by Gasteiger charge is 2.23. The van der Waals surface area contributed by atoms with Gasteiger partial charge in [0.05, 0.1) is 18.1 Å². The average Bonchev–Trinajstić information content (AvgIpc) is 2.44. The van der Waals surface area contributed by atoms with E-state index in [1.165, 1.54) is 12.2 Å². The summed E-state index contributed by atoms with van der Waals surface area (Å²) in [6.07, 6.45) is 4.61. The van der Waals surface area contributed by atoms with Gasteiger partial charge < -0.3 is 0 Å². The molecular formula is C12H18ClN3S. The topological polar surface area (TPSA) is 29.0 Å². The van der Waals surface area contributed by atoms with Crippen molar-refractivity contribution in [3.63, 3.8) is 0 Å². The molecule has 5 heteroatoms. The van der Waals surface area contributed by atoms with Gasteiger partial charge in [-0.25, -0.2) is 4.98 Å². The summed E-state index contributed by atoms with van der Waals surface area (Å²) < 4.78 is 0.403. The van der Waals surface area contributed by atoms with E-state index < -0.39 is 0 Å². The quantitative estimate of drug-likeness (QED) is 0.827. The number of aromatic nitrogens is 2. The van der Waals surface area contributed by atoms with Crippen LogP contribution in [0, 0.1) is 0 Å². The van der Waals surface area contributed by atoms with E-state index in [1.807, 2.05) is 0 Å². The number of hydrogen-bond acceptors (Lipinski definition) is 4. The van der Waals surface area contributed by atoms with Crippen molar-refractivity contribution >= 4 is 23.4 Å². The van der Waals surface area contributed by atoms with Gasteiger partial charge in [0.1, 0.15) is 5.15 Å². The molecular weight excluding hydrogens is 254 g/mol. The second kappa shape index (κ2) is 5.55. The normalized spacial score (nSPS) is 21.1. The van der Waals surface area contributed by atoms with Gasteiger partial charge in [-0.2, -0.15) is 11.8 Å². The molecule has 1 aliphatic rings. The van der Waals surface area contributed by atoms with Crippen LogP contribution in [0.1, 0.15) is 26.0 Å². The van der Waals surface area contributed by atoms with Gasteiger partial charge in [0.25, 0.3) is 0 Å². The molecule has 0 N–H and O–H groups in total. The summed E-state index contributed by atoms with van der Waals surface area (Å²) in [6.45, 7) is 7.77. The molecule has 0 aromatic carbocycles. The molecule has 0 radical (unpaired) electrons. The zero-order valence-electron chi connectivity index (χ0n) is 10.3. The van der Waals surface area contributed by atoms with Crippen molar-refractivity contribution in [2.24, 2.45) is 0 Å². The van der Waals surface area contributed by atoms with Gasteiger partial charge in [-0.05, 0) is 13.0 Å². The predicted octanol–water partition coefficient (Wildman–Crippen LogP) is 2.85. The van der Waals surface area contributed by atoms with Gasteiger partial charge in [-0.15, -0.1) is 0 Å². The van der Waals surface area contributed by atoms with E-state index >= 15 is 0 Å². The Bertz CT molecular complexity index is 367. The van der Waals surface area contributed by atoms with Crippen LogP contribution in [0.5, 0.6) is 0 Å². The summed E-state index contributed by atoms with van der Waals surface area (Å²) >= 11 is 7.79. The zero-order chi connectivity index (χ0) is 12.3. The van der Waals surface area contributed by atoms with Crippen molar-refractivity contribution in [2.75, 3.05) is 18.8 Å². The van der Waals surface area contributed by atoms with Crippen molar-refractivity contribution in [3.05, 3.63) is 23.2 Å². The molecule has 1 aromatic rings. The lowest BCUT2D eigenvalue weighted by molar-refractivity contribution is 0.273. The average molecular weight is 272 g/mol. The number of hydrogen-bond donors (Lipinski definition) is 0. The van der Waals surface area contributed by atoms with E-state index in [2.05, 4.69) is 40.5 Å². The highest BCUT2D eigenvalue weighted by atomic mass is 35.5. The second-order valence-electron chi connectivity index (χ2n) is 4.96. The molecule has 0 spiro atoms. The number of rotatable bonds is 2. The van der Waals surface area contributed by atoms with Crippen molar-refractivity contribution in [2.45, 2.75) is 31.6 Å². The third-order valence-electron chi connectivity index (χ3n) is 2.99. The van der Waals surface area contributed by atoms with Crippen LogP contribution >= 0.6 is 23.4 Å². The molecule has 2 heterocycles. The van der Waals surface area contributed by atoms with Crippen LogP contribution in [0.4, 0.5) is 0 Å². The van der Waals surface area contributed by atoms with Crippen LogP contribution < -0.4 is 0 Å². The van der Waals surface area contributed by atoms with Crippen LogP contribution in [-0.4, -0.2) is 38.5 Å². The van der Waals surface area contributed by atoms with E-state index in [0.717, 1.165) is 25.3 Å². The lowest BCUT2D eigenvalue weighted by atomic mass is 10.1. The van der Waals surface area contributed by atoms with Gasteiger partial charge >= 0.3 is 0 Å². The maximum atomic E-state index is 5.73. The minimum absolute atomic E-state index is 0.403. The van der Waals surface area contributed by atoms with E-state index in [-0.39, 0.29) is 0 Å². The minimum Gasteiger partial charge on any atom is -0.297 e. The third kappa shape index (κ3) is 4.12. The van der Waals surface area contributed by atoms with Crippen molar-refractivity contribution < 1.29 is 0 Å². The molecule has 1 fully saturated rings. The maximum absolute atomic E-state index is 5.73. The fourth-order valence-electron chi connectivity index (χ4n) is 1.87. The molecule has 0 saturated carbocycles. The molecule has 94 valence electrons. The van der Waals surface area contributed by atoms with Gasteiger partial charge in [-0.3, -0.25) is 9.88 Å². The molecule has 1 aromatic heterocycles. The first-order valence-corrected chi connectivity index (χ1v) is 7.24. The zero-order valence-corrected chi connectivity index (χ0v) is 11.9. The Balaban J connectivity index is 1.93. The molecule has 3 nitrogen and oxygen atoms in total. The molecule has 17 heavy (non-hydrogen) atoms. The molecule has 0 aliphatic carbocycles. The lowest BCUT2D eigenvalue weighted by Gasteiger charge is -2.22. The van der Waals surface area contributed by atoms with Crippen molar-refractivity contribution in [1.82, 2.24) is 14.9 Å². The predicted molar refractivity (Wildman–Crippen MR) is 73.5 cm³/mol. The van der Waals surface area contributed by atoms with Gasteiger partial charge in [0, 0.05) is 23.6 Å². The maximum Gasteiger partial charge on any atom is 0.147 e. The van der Waals surface area contributed by atoms with Crippen LogP contribution in [0.25, 0.3) is 0 Å². The molecule has 1 aliphatic heterocycles. The van der Waals surface area contributed by atoms with E-state index in [1.54, 1.807) is 12.4 Å². The van der Waals surface area contributed by atoms with E-state index in [9.17, 15) is 0 Å².